The number of nitrogens with one attached hydrogen (secondary N) is 2. The summed E-state index contributed by atoms with van der Waals surface area (Å²) in [6.45, 7) is 8.83. The van der Waals surface area contributed by atoms with Gasteiger partial charge in [0, 0.05) is 39.2 Å². The minimum absolute atomic E-state index is 0.107. The highest BCUT2D eigenvalue weighted by Crippen LogP contribution is 2.39. The number of methoxy groups -OCH3 is 3. The van der Waals surface area contributed by atoms with Crippen molar-refractivity contribution < 1.29 is 23.8 Å². The molecule has 0 spiro atoms. The van der Waals surface area contributed by atoms with Crippen molar-refractivity contribution in [2.75, 3.05) is 54.1 Å². The van der Waals surface area contributed by atoms with Gasteiger partial charge in [-0.3, -0.25) is 14.3 Å². The zero-order chi connectivity index (χ0) is 29.6. The molecule has 1 atom stereocenters. The molecule has 1 aromatic heterocycles. The average molecular weight is 572 g/mol. The third-order valence-corrected chi connectivity index (χ3v) is 7.92. The molecule has 10 nitrogen and oxygen atoms in total. The van der Waals surface area contributed by atoms with Crippen LogP contribution in [0.5, 0.6) is 11.5 Å². The number of hydrogen-bond acceptors (Lipinski definition) is 7. The van der Waals surface area contributed by atoms with Gasteiger partial charge in [-0.1, -0.05) is 39.2 Å². The zero-order valence-electron chi connectivity index (χ0n) is 25.5. The lowest BCUT2D eigenvalue weighted by Crippen LogP contribution is -2.42. The fourth-order valence-electron chi connectivity index (χ4n) is 5.36. The van der Waals surface area contributed by atoms with Crippen LogP contribution in [0.15, 0.2) is 24.3 Å². The van der Waals surface area contributed by atoms with E-state index in [1.807, 2.05) is 22.9 Å². The number of aromatic nitrogens is 2. The molecule has 2 aromatic rings. The lowest BCUT2D eigenvalue weighted by atomic mass is 10.0. The van der Waals surface area contributed by atoms with Gasteiger partial charge in [0.1, 0.15) is 11.5 Å². The van der Waals surface area contributed by atoms with Gasteiger partial charge in [-0.05, 0) is 56.5 Å². The molecule has 3 rings (SSSR count). The van der Waals surface area contributed by atoms with Crippen LogP contribution in [0, 0.1) is 5.92 Å². The summed E-state index contributed by atoms with van der Waals surface area (Å²) in [6, 6.07) is 7.12. The van der Waals surface area contributed by atoms with Gasteiger partial charge in [0.15, 0.2) is 5.69 Å². The van der Waals surface area contributed by atoms with Crippen molar-refractivity contribution in [3.05, 3.63) is 30.0 Å². The maximum Gasteiger partial charge on any atom is 0.272 e. The van der Waals surface area contributed by atoms with Gasteiger partial charge in [0.05, 0.1) is 32.1 Å². The number of carbonyl (C=O) groups is 2. The number of likely N-dealkylation sites (tertiary alicyclic amines) is 1. The van der Waals surface area contributed by atoms with Gasteiger partial charge >= 0.3 is 0 Å². The topological polar surface area (TPSA) is 107 Å². The van der Waals surface area contributed by atoms with Crippen molar-refractivity contribution >= 4 is 11.8 Å². The molecule has 1 aliphatic rings. The predicted molar refractivity (Wildman–Crippen MR) is 161 cm³/mol. The molecule has 228 valence electrons. The zero-order valence-corrected chi connectivity index (χ0v) is 25.5. The summed E-state index contributed by atoms with van der Waals surface area (Å²) in [7, 11) is 4.85. The quantitative estimate of drug-likeness (QED) is 0.275. The smallest absolute Gasteiger partial charge is 0.272 e. The molecule has 0 aliphatic carbocycles. The van der Waals surface area contributed by atoms with Crippen molar-refractivity contribution in [3.8, 4) is 22.8 Å². The first-order chi connectivity index (χ1) is 19.9. The fourth-order valence-corrected chi connectivity index (χ4v) is 5.36. The second-order valence-electron chi connectivity index (χ2n) is 10.7. The number of ether oxygens (including phenoxy) is 3. The van der Waals surface area contributed by atoms with Crippen LogP contribution in [0.4, 0.5) is 0 Å². The standard InChI is InChI=1S/C31H49N5O5/c1-6-23(7-2)22-36-26(30-27(40-4)12-11-13-28(30)41-5)21-25(34-36)31(38)33-24(20-29(37)32-15-19-39-3)14-18-35-16-9-8-10-17-35/h11-13,21,23-24H,6-10,14-20,22H2,1-5H3,(H,32,37)(H,33,38)/t24-/m0/s1. The number of nitrogens with zero attached hydrogens (tertiary/aromatic N) is 3. The van der Waals surface area contributed by atoms with E-state index in [1.165, 1.54) is 19.3 Å². The van der Waals surface area contributed by atoms with E-state index in [0.717, 1.165) is 43.7 Å². The van der Waals surface area contributed by atoms with E-state index in [0.29, 0.717) is 49.2 Å². The summed E-state index contributed by atoms with van der Waals surface area (Å²) in [5.74, 6) is 1.29. The number of benzene rings is 1. The Morgan fingerprint density at radius 3 is 2.32 bits per heavy atom. The molecule has 2 amide bonds. The van der Waals surface area contributed by atoms with Crippen LogP contribution in [-0.2, 0) is 16.1 Å². The first kappa shape index (κ1) is 32.4. The Morgan fingerprint density at radius 1 is 1.02 bits per heavy atom. The van der Waals surface area contributed by atoms with E-state index in [9.17, 15) is 9.59 Å². The predicted octanol–water partition coefficient (Wildman–Crippen LogP) is 4.13. The van der Waals surface area contributed by atoms with Crippen molar-refractivity contribution in [3.63, 3.8) is 0 Å². The highest BCUT2D eigenvalue weighted by Gasteiger charge is 2.25. The minimum atomic E-state index is -0.319. The molecule has 1 aromatic carbocycles. The lowest BCUT2D eigenvalue weighted by Gasteiger charge is -2.28. The molecular formula is C31H49N5O5. The summed E-state index contributed by atoms with van der Waals surface area (Å²) in [4.78, 5) is 28.8. The van der Waals surface area contributed by atoms with Crippen molar-refractivity contribution in [2.45, 2.75) is 71.4 Å². The molecular weight excluding hydrogens is 522 g/mol. The largest absolute Gasteiger partial charge is 0.496 e. The van der Waals surface area contributed by atoms with Crippen LogP contribution < -0.4 is 20.1 Å². The highest BCUT2D eigenvalue weighted by molar-refractivity contribution is 5.94. The maximum atomic E-state index is 13.7. The maximum absolute atomic E-state index is 13.7. The Kier molecular flexibility index (Phi) is 13.4. The highest BCUT2D eigenvalue weighted by atomic mass is 16.5. The Morgan fingerprint density at radius 2 is 1.71 bits per heavy atom. The van der Waals surface area contributed by atoms with E-state index < -0.39 is 0 Å². The Hall–Kier alpha value is -3.11. The Bertz CT molecular complexity index is 1070. The normalized spacial score (nSPS) is 14.6. The van der Waals surface area contributed by atoms with Crippen LogP contribution in [0.25, 0.3) is 11.3 Å². The third kappa shape index (κ3) is 9.46. The molecule has 41 heavy (non-hydrogen) atoms. The molecule has 10 heteroatoms. The van der Waals surface area contributed by atoms with E-state index in [2.05, 4.69) is 29.4 Å². The minimum Gasteiger partial charge on any atom is -0.496 e. The van der Waals surface area contributed by atoms with Crippen LogP contribution in [-0.4, -0.2) is 86.7 Å². The van der Waals surface area contributed by atoms with E-state index in [1.54, 1.807) is 27.4 Å². The SMILES string of the molecule is CCC(CC)Cn1nc(C(=O)N[C@@H](CCN2CCCCC2)CC(=O)NCCOC)cc1-c1c(OC)cccc1OC. The number of carbonyl (C=O) groups excluding carboxylic acids is 2. The van der Waals surface area contributed by atoms with Crippen molar-refractivity contribution in [1.82, 2.24) is 25.3 Å². The van der Waals surface area contributed by atoms with Crippen LogP contribution in [0.3, 0.4) is 0 Å². The van der Waals surface area contributed by atoms with Gasteiger partial charge < -0.3 is 29.7 Å². The Balaban J connectivity index is 1.87. The second kappa shape index (κ2) is 17.0. The Labute approximate surface area is 245 Å². The van der Waals surface area contributed by atoms with Crippen LogP contribution >= 0.6 is 0 Å². The van der Waals surface area contributed by atoms with Crippen molar-refractivity contribution in [2.24, 2.45) is 5.92 Å². The van der Waals surface area contributed by atoms with Gasteiger partial charge in [-0.2, -0.15) is 5.10 Å². The molecule has 0 unspecified atom stereocenters. The number of hydrogen-bond donors (Lipinski definition) is 2. The second-order valence-corrected chi connectivity index (χ2v) is 10.7. The molecule has 2 N–H and O–H groups in total. The molecule has 2 heterocycles. The summed E-state index contributed by atoms with van der Waals surface area (Å²) in [6.07, 6.45) is 6.52. The van der Waals surface area contributed by atoms with Gasteiger partial charge in [0.2, 0.25) is 5.91 Å². The lowest BCUT2D eigenvalue weighted by molar-refractivity contribution is -0.121. The first-order valence-corrected chi connectivity index (χ1v) is 15.0. The number of piperidine rings is 1. The van der Waals surface area contributed by atoms with Gasteiger partial charge in [-0.25, -0.2) is 0 Å². The summed E-state index contributed by atoms with van der Waals surface area (Å²) < 4.78 is 18.3. The van der Waals surface area contributed by atoms with Crippen LogP contribution in [0.1, 0.15) is 69.3 Å². The van der Waals surface area contributed by atoms with Gasteiger partial charge in [0.25, 0.3) is 5.91 Å². The molecule has 0 radical (unpaired) electrons. The molecule has 1 aliphatic heterocycles. The summed E-state index contributed by atoms with van der Waals surface area (Å²) >= 11 is 0. The van der Waals surface area contributed by atoms with E-state index in [4.69, 9.17) is 19.3 Å². The number of amides is 2. The van der Waals surface area contributed by atoms with Crippen molar-refractivity contribution in [1.29, 1.82) is 0 Å². The summed E-state index contributed by atoms with van der Waals surface area (Å²) in [5.41, 5.74) is 1.83. The van der Waals surface area contributed by atoms with E-state index in [-0.39, 0.29) is 24.3 Å². The molecule has 1 saturated heterocycles. The van der Waals surface area contributed by atoms with Gasteiger partial charge in [-0.15, -0.1) is 0 Å². The summed E-state index contributed by atoms with van der Waals surface area (Å²) in [5, 5.41) is 10.8. The molecule has 0 bridgehead atoms. The van der Waals surface area contributed by atoms with Crippen LogP contribution in [0.2, 0.25) is 0 Å². The number of rotatable bonds is 17. The van der Waals surface area contributed by atoms with E-state index >= 15 is 0 Å². The first-order valence-electron chi connectivity index (χ1n) is 15.0. The third-order valence-electron chi connectivity index (χ3n) is 7.92. The molecule has 0 saturated carbocycles. The average Bonchev–Trinajstić information content (AvgIpc) is 3.42. The monoisotopic (exact) mass is 571 g/mol. The fraction of sp³-hybridized carbons (Fsp3) is 0.645. The molecule has 1 fully saturated rings.